The van der Waals surface area contributed by atoms with Crippen LogP contribution in [0.5, 0.6) is 0 Å². The van der Waals surface area contributed by atoms with Gasteiger partial charge in [-0.15, -0.1) is 0 Å². The fraction of sp³-hybridized carbons (Fsp3) is 0.541. The number of nitrogens with one attached hydrogen (secondary N) is 3. The molecule has 1 aliphatic carbocycles. The van der Waals surface area contributed by atoms with Gasteiger partial charge in [0.25, 0.3) is 0 Å². The molecule has 2 aromatic heterocycles. The lowest BCUT2D eigenvalue weighted by atomic mass is 9.91. The van der Waals surface area contributed by atoms with E-state index < -0.39 is 24.5 Å². The molecule has 1 unspecified atom stereocenters. The van der Waals surface area contributed by atoms with Crippen LogP contribution in [0.25, 0.3) is 11.2 Å². The van der Waals surface area contributed by atoms with Crippen molar-refractivity contribution >= 4 is 17.0 Å². The monoisotopic (exact) mass is 657 g/mol. The molecular formula is C37H51N7O4. The van der Waals surface area contributed by atoms with Crippen molar-refractivity contribution in [2.24, 2.45) is 0 Å². The minimum Gasteiger partial charge on any atom is -0.387 e. The van der Waals surface area contributed by atoms with Crippen LogP contribution in [0.1, 0.15) is 87.5 Å². The molecule has 11 nitrogen and oxygen atoms in total. The van der Waals surface area contributed by atoms with E-state index in [-0.39, 0.29) is 24.6 Å². The average Bonchev–Trinajstić information content (AvgIpc) is 3.65. The predicted molar refractivity (Wildman–Crippen MR) is 187 cm³/mol. The van der Waals surface area contributed by atoms with E-state index in [2.05, 4.69) is 78.3 Å². The third kappa shape index (κ3) is 8.05. The largest absolute Gasteiger partial charge is 0.387 e. The molecule has 11 heteroatoms. The lowest BCUT2D eigenvalue weighted by Gasteiger charge is -2.26. The summed E-state index contributed by atoms with van der Waals surface area (Å²) in [5.41, 5.74) is 3.49. The summed E-state index contributed by atoms with van der Waals surface area (Å²) in [5.74, 6) is 1.32. The van der Waals surface area contributed by atoms with Gasteiger partial charge >= 0.3 is 0 Å². The van der Waals surface area contributed by atoms with Gasteiger partial charge in [-0.25, -0.2) is 15.0 Å². The molecule has 0 amide bonds. The molecule has 0 radical (unpaired) electrons. The Morgan fingerprint density at radius 2 is 1.62 bits per heavy atom. The minimum absolute atomic E-state index is 0.0668. The normalized spacial score (nSPS) is 22.6. The SMILES string of the molecule is COC[C@H]1O[C@@H](n2cnc3c(NCC(c4ccccc4)c4ccccc4)nc(C(CCNC4CCCCC4)NC(C)C)nc32)[C@H](O)[C@@H]1O. The van der Waals surface area contributed by atoms with Crippen LogP contribution < -0.4 is 16.0 Å². The van der Waals surface area contributed by atoms with Crippen LogP contribution in [0, 0.1) is 0 Å². The van der Waals surface area contributed by atoms with Crippen LogP contribution in [-0.4, -0.2) is 86.9 Å². The van der Waals surface area contributed by atoms with Gasteiger partial charge < -0.3 is 35.6 Å². The molecule has 5 atom stereocenters. The fourth-order valence-electron chi connectivity index (χ4n) is 7.09. The number of nitrogens with zero attached hydrogens (tertiary/aromatic N) is 4. The van der Waals surface area contributed by atoms with E-state index >= 15 is 0 Å². The van der Waals surface area contributed by atoms with Gasteiger partial charge in [0.15, 0.2) is 23.2 Å². The first-order valence-electron chi connectivity index (χ1n) is 17.5. The Bertz CT molecular complexity index is 1520. The number of aromatic nitrogens is 4. The summed E-state index contributed by atoms with van der Waals surface area (Å²) in [4.78, 5) is 15.0. The zero-order valence-corrected chi connectivity index (χ0v) is 28.3. The minimum atomic E-state index is -1.18. The molecule has 2 fully saturated rings. The molecule has 1 aliphatic heterocycles. The molecule has 1 saturated heterocycles. The van der Waals surface area contributed by atoms with E-state index in [0.29, 0.717) is 35.4 Å². The van der Waals surface area contributed by atoms with Crippen LogP contribution in [0.3, 0.4) is 0 Å². The van der Waals surface area contributed by atoms with E-state index in [0.717, 1.165) is 13.0 Å². The number of fused-ring (bicyclic) bond motifs is 1. The lowest BCUT2D eigenvalue weighted by Crippen LogP contribution is -2.36. The van der Waals surface area contributed by atoms with Gasteiger partial charge in [-0.05, 0) is 36.9 Å². The molecule has 48 heavy (non-hydrogen) atoms. The quantitative estimate of drug-likeness (QED) is 0.122. The molecule has 2 aliphatic rings. The number of methoxy groups -OCH3 is 1. The van der Waals surface area contributed by atoms with Crippen LogP contribution in [0.2, 0.25) is 0 Å². The number of rotatable bonds is 15. The third-order valence-electron chi connectivity index (χ3n) is 9.58. The van der Waals surface area contributed by atoms with Crippen molar-refractivity contribution in [3.8, 4) is 0 Å². The van der Waals surface area contributed by atoms with E-state index in [1.807, 2.05) is 12.1 Å². The van der Waals surface area contributed by atoms with Crippen molar-refractivity contribution < 1.29 is 19.7 Å². The second-order valence-corrected chi connectivity index (χ2v) is 13.5. The van der Waals surface area contributed by atoms with E-state index in [1.165, 1.54) is 43.2 Å². The van der Waals surface area contributed by atoms with Gasteiger partial charge in [0.2, 0.25) is 0 Å². The van der Waals surface area contributed by atoms with Gasteiger partial charge in [0.1, 0.15) is 24.1 Å². The van der Waals surface area contributed by atoms with Crippen molar-refractivity contribution in [2.45, 2.75) is 101 Å². The summed E-state index contributed by atoms with van der Waals surface area (Å²) < 4.78 is 13.1. The van der Waals surface area contributed by atoms with Gasteiger partial charge in [0, 0.05) is 31.7 Å². The van der Waals surface area contributed by atoms with Crippen LogP contribution >= 0.6 is 0 Å². The van der Waals surface area contributed by atoms with Crippen LogP contribution in [-0.2, 0) is 9.47 Å². The van der Waals surface area contributed by atoms with Crippen molar-refractivity contribution in [1.29, 1.82) is 0 Å². The predicted octanol–water partition coefficient (Wildman–Crippen LogP) is 4.69. The maximum atomic E-state index is 11.1. The topological polar surface area (TPSA) is 139 Å². The highest BCUT2D eigenvalue weighted by Gasteiger charge is 2.44. The highest BCUT2D eigenvalue weighted by Crippen LogP contribution is 2.34. The summed E-state index contributed by atoms with van der Waals surface area (Å²) in [5, 5.41) is 32.9. The molecule has 5 N–H and O–H groups in total. The summed E-state index contributed by atoms with van der Waals surface area (Å²) in [6.45, 7) is 5.85. The molecule has 0 spiro atoms. The Hall–Kier alpha value is -3.45. The van der Waals surface area contributed by atoms with Gasteiger partial charge in [-0.2, -0.15) is 0 Å². The lowest BCUT2D eigenvalue weighted by molar-refractivity contribution is -0.0580. The summed E-state index contributed by atoms with van der Waals surface area (Å²) in [6.07, 6.45) is 4.92. The van der Waals surface area contributed by atoms with Crippen LogP contribution in [0.4, 0.5) is 5.82 Å². The molecule has 1 saturated carbocycles. The molecule has 258 valence electrons. The Morgan fingerprint density at radius 1 is 0.938 bits per heavy atom. The number of anilines is 1. The Labute approximate surface area is 283 Å². The van der Waals surface area contributed by atoms with Gasteiger partial charge in [-0.3, -0.25) is 4.57 Å². The number of hydrogen-bond donors (Lipinski definition) is 5. The molecule has 3 heterocycles. The van der Waals surface area contributed by atoms with Gasteiger partial charge in [-0.1, -0.05) is 93.8 Å². The van der Waals surface area contributed by atoms with E-state index in [9.17, 15) is 10.2 Å². The fourth-order valence-corrected chi connectivity index (χ4v) is 7.09. The number of ether oxygens (including phenoxy) is 2. The zero-order chi connectivity index (χ0) is 33.5. The summed E-state index contributed by atoms with van der Waals surface area (Å²) >= 11 is 0. The maximum Gasteiger partial charge on any atom is 0.168 e. The number of aliphatic hydroxyl groups excluding tert-OH is 2. The number of benzene rings is 2. The van der Waals surface area contributed by atoms with Crippen molar-refractivity contribution in [2.75, 3.05) is 32.1 Å². The standard InChI is InChI=1S/C37H51N7O4/c1-24(2)41-29(19-20-38-27-17-11-6-12-18-27)34-42-35(39-21-28(25-13-7-4-8-14-25)26-15-9-5-10-16-26)31-36(43-34)44(23-40-31)37-33(46)32(45)30(48-37)22-47-3/h4-5,7-10,13-16,23-24,27-30,32-33,37-38,41,45-46H,6,11-12,17-22H2,1-3H3,(H,39,42,43)/t29?,30-,32-,33-,37-/m1/s1. The first-order valence-corrected chi connectivity index (χ1v) is 17.5. The summed E-state index contributed by atoms with van der Waals surface area (Å²) in [6, 6.07) is 21.6. The number of imidazole rings is 1. The molecule has 4 aromatic rings. The van der Waals surface area contributed by atoms with Crippen LogP contribution in [0.15, 0.2) is 67.0 Å². The van der Waals surface area contributed by atoms with Crippen molar-refractivity contribution in [1.82, 2.24) is 30.2 Å². The molecule has 2 aromatic carbocycles. The smallest absolute Gasteiger partial charge is 0.168 e. The summed E-state index contributed by atoms with van der Waals surface area (Å²) in [7, 11) is 1.54. The molecule has 0 bridgehead atoms. The highest BCUT2D eigenvalue weighted by molar-refractivity contribution is 5.83. The average molecular weight is 658 g/mol. The highest BCUT2D eigenvalue weighted by atomic mass is 16.6. The Morgan fingerprint density at radius 3 is 2.27 bits per heavy atom. The third-order valence-corrected chi connectivity index (χ3v) is 9.58. The van der Waals surface area contributed by atoms with E-state index in [1.54, 1.807) is 18.0 Å². The number of aliphatic hydroxyl groups is 2. The second kappa shape index (κ2) is 16.3. The maximum absolute atomic E-state index is 11.1. The first kappa shape index (κ1) is 34.4. The second-order valence-electron chi connectivity index (χ2n) is 13.5. The van der Waals surface area contributed by atoms with Gasteiger partial charge in [0.05, 0.1) is 19.0 Å². The van der Waals surface area contributed by atoms with Crippen molar-refractivity contribution in [3.63, 3.8) is 0 Å². The molecular weight excluding hydrogens is 606 g/mol. The first-order chi connectivity index (χ1) is 23.4. The Balaban J connectivity index is 1.35. The van der Waals surface area contributed by atoms with E-state index in [4.69, 9.17) is 24.4 Å². The zero-order valence-electron chi connectivity index (χ0n) is 28.3. The molecule has 6 rings (SSSR count). The Kier molecular flexibility index (Phi) is 11.7. The van der Waals surface area contributed by atoms with Crippen molar-refractivity contribution in [3.05, 3.63) is 83.9 Å². The number of hydrogen-bond acceptors (Lipinski definition) is 10.